The number of amides is 3. The summed E-state index contributed by atoms with van der Waals surface area (Å²) in [5.74, 6) is 0.536. The molecule has 1 saturated heterocycles. The molecule has 40 heavy (non-hydrogen) atoms. The normalized spacial score (nSPS) is 20.2. The second kappa shape index (κ2) is 13.5. The molecule has 2 aliphatic rings. The SMILES string of the molecule is COc1ccc2cc1OCC(=O)N[C@@H]1CN(C(=O)CCC(C)C)CC[C@H]1Oc1cc(F)cc(c1)CNC(=O)CC2. The topological polar surface area (TPSA) is 106 Å². The van der Waals surface area contributed by atoms with Crippen molar-refractivity contribution in [3.8, 4) is 17.2 Å². The van der Waals surface area contributed by atoms with Crippen LogP contribution in [0.3, 0.4) is 0 Å². The number of carbonyl (C=O) groups is 3. The number of hydrogen-bond donors (Lipinski definition) is 2. The molecule has 0 unspecified atom stereocenters. The fraction of sp³-hybridized carbons (Fsp3) is 0.500. The molecule has 2 aliphatic heterocycles. The van der Waals surface area contributed by atoms with E-state index < -0.39 is 18.0 Å². The molecule has 2 N–H and O–H groups in total. The molecule has 216 valence electrons. The van der Waals surface area contributed by atoms with Gasteiger partial charge in [0.1, 0.15) is 17.7 Å². The maximum absolute atomic E-state index is 14.5. The number of ether oxygens (including phenoxy) is 3. The molecule has 3 amide bonds. The summed E-state index contributed by atoms with van der Waals surface area (Å²) in [4.78, 5) is 40.2. The van der Waals surface area contributed by atoms with Crippen molar-refractivity contribution in [2.75, 3.05) is 26.8 Å². The number of fused-ring (bicyclic) bond motifs is 5. The van der Waals surface area contributed by atoms with Crippen LogP contribution in [0.25, 0.3) is 0 Å². The maximum Gasteiger partial charge on any atom is 0.258 e. The van der Waals surface area contributed by atoms with E-state index in [4.69, 9.17) is 14.2 Å². The molecular weight excluding hydrogens is 517 g/mol. The van der Waals surface area contributed by atoms with Crippen LogP contribution in [0.15, 0.2) is 36.4 Å². The van der Waals surface area contributed by atoms with Crippen molar-refractivity contribution in [1.82, 2.24) is 15.5 Å². The Labute approximate surface area is 234 Å². The standard InChI is InChI=1S/C30H38FN3O6/c1-19(2)4-9-30(37)34-11-10-25-24(17-34)33-29(36)18-39-27-14-20(5-7-26(27)38-3)6-8-28(35)32-16-21-12-22(31)15-23(13-21)40-25/h5,7,12-15,19,24-25H,4,6,8-11,16-18H2,1-3H3,(H,32,35)(H,33,36)/t24-,25-/m1/s1. The molecule has 0 radical (unpaired) electrons. The van der Waals surface area contributed by atoms with E-state index in [9.17, 15) is 18.8 Å². The van der Waals surface area contributed by atoms with Crippen LogP contribution in [0.1, 0.15) is 50.7 Å². The first-order valence-corrected chi connectivity index (χ1v) is 13.8. The van der Waals surface area contributed by atoms with E-state index in [-0.39, 0.29) is 43.8 Å². The number of nitrogens with zero attached hydrogens (tertiary/aromatic N) is 1. The molecule has 2 heterocycles. The number of carbonyl (C=O) groups excluding carboxylic acids is 3. The van der Waals surface area contributed by atoms with Crippen molar-refractivity contribution in [1.29, 1.82) is 0 Å². The third kappa shape index (κ3) is 8.09. The smallest absolute Gasteiger partial charge is 0.258 e. The first-order chi connectivity index (χ1) is 19.2. The summed E-state index contributed by atoms with van der Waals surface area (Å²) >= 11 is 0. The molecule has 1 fully saturated rings. The number of piperidine rings is 1. The summed E-state index contributed by atoms with van der Waals surface area (Å²) in [6.45, 7) is 4.74. The Kier molecular flexibility index (Phi) is 9.84. The summed E-state index contributed by atoms with van der Waals surface area (Å²) in [5, 5.41) is 5.81. The van der Waals surface area contributed by atoms with Crippen molar-refractivity contribution in [3.05, 3.63) is 53.3 Å². The Morgan fingerprint density at radius 2 is 1.95 bits per heavy atom. The highest BCUT2D eigenvalue weighted by Gasteiger charge is 2.34. The number of likely N-dealkylation sites (tertiary alicyclic amines) is 1. The first kappa shape index (κ1) is 29.2. The minimum Gasteiger partial charge on any atom is -0.493 e. The summed E-state index contributed by atoms with van der Waals surface area (Å²) in [6.07, 6.45) is 1.84. The van der Waals surface area contributed by atoms with Crippen LogP contribution >= 0.6 is 0 Å². The minimum atomic E-state index is -0.536. The van der Waals surface area contributed by atoms with Gasteiger partial charge < -0.3 is 29.7 Å². The lowest BCUT2D eigenvalue weighted by Gasteiger charge is -2.39. The number of halogens is 1. The summed E-state index contributed by atoms with van der Waals surface area (Å²) < 4.78 is 31.9. The van der Waals surface area contributed by atoms with Gasteiger partial charge in [0.15, 0.2) is 18.1 Å². The Hall–Kier alpha value is -3.82. The predicted octanol–water partition coefficient (Wildman–Crippen LogP) is 3.38. The van der Waals surface area contributed by atoms with Gasteiger partial charge in [-0.1, -0.05) is 19.9 Å². The quantitative estimate of drug-likeness (QED) is 0.599. The number of aryl methyl sites for hydroxylation is 1. The van der Waals surface area contributed by atoms with Gasteiger partial charge in [0.25, 0.3) is 5.91 Å². The van der Waals surface area contributed by atoms with E-state index >= 15 is 0 Å². The van der Waals surface area contributed by atoms with Crippen LogP contribution in [0.2, 0.25) is 0 Å². The molecule has 10 heteroatoms. The van der Waals surface area contributed by atoms with Gasteiger partial charge in [-0.05, 0) is 54.2 Å². The number of rotatable bonds is 4. The fourth-order valence-corrected chi connectivity index (χ4v) is 4.90. The molecule has 2 aromatic rings. The molecule has 0 spiro atoms. The Bertz CT molecular complexity index is 1220. The average Bonchev–Trinajstić information content (AvgIpc) is 2.92. The highest BCUT2D eigenvalue weighted by molar-refractivity contribution is 5.79. The number of benzene rings is 2. The van der Waals surface area contributed by atoms with Crippen molar-refractivity contribution in [2.24, 2.45) is 5.92 Å². The third-order valence-electron chi connectivity index (χ3n) is 7.12. The maximum atomic E-state index is 14.5. The van der Waals surface area contributed by atoms with Crippen molar-refractivity contribution < 1.29 is 33.0 Å². The summed E-state index contributed by atoms with van der Waals surface area (Å²) in [5.41, 5.74) is 1.41. The number of nitrogens with one attached hydrogen (secondary N) is 2. The zero-order valence-electron chi connectivity index (χ0n) is 23.3. The molecular formula is C30H38FN3O6. The Balaban J connectivity index is 1.58. The molecule has 4 rings (SSSR count). The van der Waals surface area contributed by atoms with Crippen LogP contribution in [-0.4, -0.2) is 61.6 Å². The van der Waals surface area contributed by atoms with Gasteiger partial charge >= 0.3 is 0 Å². The van der Waals surface area contributed by atoms with Crippen LogP contribution in [0.4, 0.5) is 4.39 Å². The van der Waals surface area contributed by atoms with Crippen molar-refractivity contribution >= 4 is 17.7 Å². The van der Waals surface area contributed by atoms with Crippen LogP contribution in [0, 0.1) is 11.7 Å². The largest absolute Gasteiger partial charge is 0.493 e. The molecule has 0 aromatic heterocycles. The zero-order valence-corrected chi connectivity index (χ0v) is 23.3. The van der Waals surface area contributed by atoms with Gasteiger partial charge in [0.2, 0.25) is 11.8 Å². The van der Waals surface area contributed by atoms with E-state index in [0.29, 0.717) is 54.5 Å². The molecule has 2 atom stereocenters. The lowest BCUT2D eigenvalue weighted by atomic mass is 10.00. The zero-order chi connectivity index (χ0) is 28.6. The van der Waals surface area contributed by atoms with E-state index in [1.165, 1.54) is 19.2 Å². The predicted molar refractivity (Wildman–Crippen MR) is 147 cm³/mol. The number of hydrogen-bond acceptors (Lipinski definition) is 6. The van der Waals surface area contributed by atoms with E-state index in [2.05, 4.69) is 24.5 Å². The Morgan fingerprint density at radius 1 is 1.12 bits per heavy atom. The van der Waals surface area contributed by atoms with Crippen molar-refractivity contribution in [3.63, 3.8) is 0 Å². The van der Waals surface area contributed by atoms with Gasteiger partial charge in [-0.3, -0.25) is 14.4 Å². The third-order valence-corrected chi connectivity index (χ3v) is 7.12. The lowest BCUT2D eigenvalue weighted by Crippen LogP contribution is -2.58. The number of methoxy groups -OCH3 is 1. The lowest BCUT2D eigenvalue weighted by molar-refractivity contribution is -0.135. The van der Waals surface area contributed by atoms with Gasteiger partial charge in [0.05, 0.1) is 13.2 Å². The first-order valence-electron chi connectivity index (χ1n) is 13.8. The fourth-order valence-electron chi connectivity index (χ4n) is 4.90. The molecule has 0 saturated carbocycles. The second-order valence-electron chi connectivity index (χ2n) is 10.7. The van der Waals surface area contributed by atoms with Gasteiger partial charge in [-0.2, -0.15) is 0 Å². The van der Waals surface area contributed by atoms with Gasteiger partial charge in [0, 0.05) is 45.0 Å². The highest BCUT2D eigenvalue weighted by atomic mass is 19.1. The second-order valence-corrected chi connectivity index (χ2v) is 10.7. The average molecular weight is 556 g/mol. The summed E-state index contributed by atoms with van der Waals surface area (Å²) in [6, 6.07) is 9.11. The van der Waals surface area contributed by atoms with Gasteiger partial charge in [-0.15, -0.1) is 0 Å². The van der Waals surface area contributed by atoms with E-state index in [0.717, 1.165) is 12.0 Å². The van der Waals surface area contributed by atoms with E-state index in [1.807, 2.05) is 6.07 Å². The minimum absolute atomic E-state index is 0.0300. The molecule has 0 aliphatic carbocycles. The summed E-state index contributed by atoms with van der Waals surface area (Å²) in [7, 11) is 1.51. The monoisotopic (exact) mass is 555 g/mol. The molecule has 4 bridgehead atoms. The van der Waals surface area contributed by atoms with Crippen molar-refractivity contribution in [2.45, 2.75) is 64.6 Å². The van der Waals surface area contributed by atoms with Gasteiger partial charge in [-0.25, -0.2) is 4.39 Å². The van der Waals surface area contributed by atoms with Crippen LogP contribution in [-0.2, 0) is 27.3 Å². The molecule has 9 nitrogen and oxygen atoms in total. The highest BCUT2D eigenvalue weighted by Crippen LogP contribution is 2.29. The van der Waals surface area contributed by atoms with Crippen LogP contribution < -0.4 is 24.8 Å². The Morgan fingerprint density at radius 3 is 2.73 bits per heavy atom. The molecule has 2 aromatic carbocycles. The van der Waals surface area contributed by atoms with E-state index in [1.54, 1.807) is 23.1 Å². The van der Waals surface area contributed by atoms with Crippen LogP contribution in [0.5, 0.6) is 17.2 Å².